The molecule has 0 saturated carbocycles. The highest BCUT2D eigenvalue weighted by atomic mass is 16.5. The van der Waals surface area contributed by atoms with Crippen molar-refractivity contribution >= 4 is 6.03 Å². The van der Waals surface area contributed by atoms with Crippen molar-refractivity contribution in [2.45, 2.75) is 13.1 Å². The third kappa shape index (κ3) is 4.85. The van der Waals surface area contributed by atoms with Crippen molar-refractivity contribution in [2.75, 3.05) is 20.3 Å². The van der Waals surface area contributed by atoms with Gasteiger partial charge < -0.3 is 15.0 Å². The first-order chi connectivity index (χ1) is 10.7. The minimum absolute atomic E-state index is 0.127. The van der Waals surface area contributed by atoms with Gasteiger partial charge in [-0.3, -0.25) is 9.67 Å². The Labute approximate surface area is 129 Å². The number of pyridine rings is 1. The number of aromatic nitrogens is 3. The zero-order valence-electron chi connectivity index (χ0n) is 12.9. The van der Waals surface area contributed by atoms with Crippen molar-refractivity contribution in [3.63, 3.8) is 0 Å². The first-order valence-corrected chi connectivity index (χ1v) is 7.07. The summed E-state index contributed by atoms with van der Waals surface area (Å²) in [6.07, 6.45) is 7.06. The molecule has 2 aromatic heterocycles. The molecular formula is C15H21N5O2. The quantitative estimate of drug-likeness (QED) is 0.833. The van der Waals surface area contributed by atoms with Crippen LogP contribution in [0.5, 0.6) is 0 Å². The number of ether oxygens (including phenoxy) is 1. The second-order valence-electron chi connectivity index (χ2n) is 4.95. The molecule has 0 aromatic carbocycles. The molecule has 1 N–H and O–H groups in total. The van der Waals surface area contributed by atoms with Gasteiger partial charge >= 0.3 is 6.03 Å². The van der Waals surface area contributed by atoms with E-state index in [9.17, 15) is 4.79 Å². The number of rotatable bonds is 7. The standard InChI is InChI=1S/C15H21N5O2/c1-19-11-14(10-18-19)9-17-15(21)20(7-8-22-2)12-13-3-5-16-6-4-13/h3-6,10-11H,7-9,12H2,1-2H3,(H,17,21). The number of nitrogens with zero attached hydrogens (tertiary/aromatic N) is 4. The molecule has 7 nitrogen and oxygen atoms in total. The molecule has 0 bridgehead atoms. The Morgan fingerprint density at radius 1 is 1.36 bits per heavy atom. The van der Waals surface area contributed by atoms with E-state index in [0.717, 1.165) is 11.1 Å². The molecule has 0 aliphatic rings. The minimum Gasteiger partial charge on any atom is -0.383 e. The minimum atomic E-state index is -0.127. The molecule has 2 rings (SSSR count). The van der Waals surface area contributed by atoms with Crippen molar-refractivity contribution in [1.29, 1.82) is 0 Å². The summed E-state index contributed by atoms with van der Waals surface area (Å²) in [6.45, 7) is 1.99. The fourth-order valence-corrected chi connectivity index (χ4v) is 2.02. The molecule has 0 saturated heterocycles. The van der Waals surface area contributed by atoms with Crippen LogP contribution < -0.4 is 5.32 Å². The smallest absolute Gasteiger partial charge is 0.318 e. The normalized spacial score (nSPS) is 10.5. The number of carbonyl (C=O) groups excluding carboxylic acids is 1. The summed E-state index contributed by atoms with van der Waals surface area (Å²) in [6, 6.07) is 3.67. The maximum atomic E-state index is 12.4. The van der Waals surface area contributed by atoms with Gasteiger partial charge in [-0.25, -0.2) is 4.79 Å². The second-order valence-corrected chi connectivity index (χ2v) is 4.95. The average Bonchev–Trinajstić information content (AvgIpc) is 2.95. The Bertz CT molecular complexity index is 585. The summed E-state index contributed by atoms with van der Waals surface area (Å²) < 4.78 is 6.79. The van der Waals surface area contributed by atoms with Gasteiger partial charge in [-0.2, -0.15) is 5.10 Å². The van der Waals surface area contributed by atoms with E-state index in [1.165, 1.54) is 0 Å². The van der Waals surface area contributed by atoms with Gasteiger partial charge in [0.15, 0.2) is 0 Å². The van der Waals surface area contributed by atoms with Gasteiger partial charge in [0, 0.05) is 57.9 Å². The Hall–Kier alpha value is -2.41. The number of amides is 2. The number of urea groups is 1. The van der Waals surface area contributed by atoms with E-state index in [0.29, 0.717) is 26.2 Å². The second kappa shape index (κ2) is 8.14. The molecular weight excluding hydrogens is 282 g/mol. The van der Waals surface area contributed by atoms with Gasteiger partial charge in [-0.1, -0.05) is 0 Å². The van der Waals surface area contributed by atoms with Crippen molar-refractivity contribution in [1.82, 2.24) is 25.0 Å². The molecule has 0 aliphatic heterocycles. The van der Waals surface area contributed by atoms with E-state index in [-0.39, 0.29) is 6.03 Å². The lowest BCUT2D eigenvalue weighted by molar-refractivity contribution is 0.146. The number of aryl methyl sites for hydroxylation is 1. The SMILES string of the molecule is COCCN(Cc1ccncc1)C(=O)NCc1cnn(C)c1. The molecule has 118 valence electrons. The molecule has 0 radical (unpaired) electrons. The van der Waals surface area contributed by atoms with Crippen LogP contribution in [0.15, 0.2) is 36.9 Å². The van der Waals surface area contributed by atoms with E-state index in [4.69, 9.17) is 4.74 Å². The van der Waals surface area contributed by atoms with Crippen LogP contribution in [0, 0.1) is 0 Å². The van der Waals surface area contributed by atoms with E-state index < -0.39 is 0 Å². The van der Waals surface area contributed by atoms with Crippen LogP contribution in [0.25, 0.3) is 0 Å². The fraction of sp³-hybridized carbons (Fsp3) is 0.400. The van der Waals surface area contributed by atoms with Crippen molar-refractivity contribution < 1.29 is 9.53 Å². The van der Waals surface area contributed by atoms with Crippen LogP contribution in [-0.2, 0) is 24.9 Å². The molecule has 2 heterocycles. The third-order valence-corrected chi connectivity index (χ3v) is 3.18. The monoisotopic (exact) mass is 303 g/mol. The summed E-state index contributed by atoms with van der Waals surface area (Å²) in [5, 5.41) is 6.99. The van der Waals surface area contributed by atoms with Gasteiger partial charge in [0.05, 0.1) is 12.8 Å². The average molecular weight is 303 g/mol. The van der Waals surface area contributed by atoms with Crippen LogP contribution >= 0.6 is 0 Å². The molecule has 2 aromatic rings. The van der Waals surface area contributed by atoms with Gasteiger partial charge in [0.2, 0.25) is 0 Å². The van der Waals surface area contributed by atoms with Crippen LogP contribution in [0.1, 0.15) is 11.1 Å². The lowest BCUT2D eigenvalue weighted by Crippen LogP contribution is -2.40. The zero-order valence-corrected chi connectivity index (χ0v) is 12.9. The Morgan fingerprint density at radius 2 is 2.14 bits per heavy atom. The van der Waals surface area contributed by atoms with Gasteiger partial charge in [-0.15, -0.1) is 0 Å². The molecule has 0 fully saturated rings. The van der Waals surface area contributed by atoms with E-state index in [2.05, 4.69) is 15.4 Å². The van der Waals surface area contributed by atoms with Crippen molar-refractivity contribution in [3.05, 3.63) is 48.0 Å². The highest BCUT2D eigenvalue weighted by Crippen LogP contribution is 2.04. The fourth-order valence-electron chi connectivity index (χ4n) is 2.02. The lowest BCUT2D eigenvalue weighted by atomic mass is 10.2. The third-order valence-electron chi connectivity index (χ3n) is 3.18. The first kappa shape index (κ1) is 16.0. The maximum absolute atomic E-state index is 12.4. The van der Waals surface area contributed by atoms with E-state index in [1.807, 2.05) is 25.4 Å². The van der Waals surface area contributed by atoms with E-state index >= 15 is 0 Å². The van der Waals surface area contributed by atoms with Gasteiger partial charge in [0.25, 0.3) is 0 Å². The number of hydrogen-bond acceptors (Lipinski definition) is 4. The summed E-state index contributed by atoms with van der Waals surface area (Å²) in [5.41, 5.74) is 1.99. The highest BCUT2D eigenvalue weighted by Gasteiger charge is 2.13. The maximum Gasteiger partial charge on any atom is 0.318 e. The number of hydrogen-bond donors (Lipinski definition) is 1. The van der Waals surface area contributed by atoms with Crippen LogP contribution in [0.3, 0.4) is 0 Å². The predicted molar refractivity (Wildman–Crippen MR) is 82.0 cm³/mol. The molecule has 22 heavy (non-hydrogen) atoms. The van der Waals surface area contributed by atoms with Crippen molar-refractivity contribution in [3.8, 4) is 0 Å². The molecule has 7 heteroatoms. The molecule has 0 atom stereocenters. The van der Waals surface area contributed by atoms with Crippen LogP contribution in [0.4, 0.5) is 4.79 Å². The van der Waals surface area contributed by atoms with Gasteiger partial charge in [0.1, 0.15) is 0 Å². The number of carbonyl (C=O) groups is 1. The van der Waals surface area contributed by atoms with Crippen LogP contribution in [-0.4, -0.2) is 46.0 Å². The summed E-state index contributed by atoms with van der Waals surface area (Å²) in [4.78, 5) is 18.1. The summed E-state index contributed by atoms with van der Waals surface area (Å²) in [7, 11) is 3.47. The molecule has 2 amide bonds. The Kier molecular flexibility index (Phi) is 5.91. The molecule has 0 aliphatic carbocycles. The topological polar surface area (TPSA) is 72.3 Å². The molecule has 0 spiro atoms. The first-order valence-electron chi connectivity index (χ1n) is 7.07. The number of methoxy groups -OCH3 is 1. The highest BCUT2D eigenvalue weighted by molar-refractivity contribution is 5.74. The van der Waals surface area contributed by atoms with Gasteiger partial charge in [-0.05, 0) is 17.7 Å². The Balaban J connectivity index is 1.93. The summed E-state index contributed by atoms with van der Waals surface area (Å²) >= 11 is 0. The van der Waals surface area contributed by atoms with Crippen LogP contribution in [0.2, 0.25) is 0 Å². The van der Waals surface area contributed by atoms with Crippen molar-refractivity contribution in [2.24, 2.45) is 7.05 Å². The predicted octanol–water partition coefficient (Wildman–Crippen LogP) is 1.17. The lowest BCUT2D eigenvalue weighted by Gasteiger charge is -2.22. The Morgan fingerprint density at radius 3 is 2.77 bits per heavy atom. The largest absolute Gasteiger partial charge is 0.383 e. The summed E-state index contributed by atoms with van der Waals surface area (Å²) in [5.74, 6) is 0. The number of nitrogens with one attached hydrogen (secondary N) is 1. The van der Waals surface area contributed by atoms with E-state index in [1.54, 1.807) is 35.3 Å². The zero-order chi connectivity index (χ0) is 15.8. The molecule has 0 unspecified atom stereocenters.